The Balaban J connectivity index is 1.96. The first-order valence-corrected chi connectivity index (χ1v) is 5.72. The first-order valence-electron chi connectivity index (χ1n) is 4.84. The van der Waals surface area contributed by atoms with Crippen molar-refractivity contribution in [3.8, 4) is 0 Å². The molecular formula is C11H15NS. The third-order valence-electron chi connectivity index (χ3n) is 2.81. The first kappa shape index (κ1) is 9.10. The summed E-state index contributed by atoms with van der Waals surface area (Å²) in [4.78, 5) is 1.15. The minimum Gasteiger partial charge on any atom is -0.274 e. The van der Waals surface area contributed by atoms with Crippen molar-refractivity contribution in [1.29, 1.82) is 0 Å². The fourth-order valence-corrected chi connectivity index (χ4v) is 2.03. The number of benzene rings is 1. The summed E-state index contributed by atoms with van der Waals surface area (Å²) < 4.78 is 0. The molecule has 2 N–H and O–H groups in total. The number of nitrogens with two attached hydrogens (primary N) is 1. The molecular weight excluding hydrogens is 178 g/mol. The topological polar surface area (TPSA) is 26.0 Å². The second kappa shape index (κ2) is 4.16. The molecule has 13 heavy (non-hydrogen) atoms. The Morgan fingerprint density at radius 3 is 2.38 bits per heavy atom. The van der Waals surface area contributed by atoms with Crippen LogP contribution in [0.4, 0.5) is 0 Å². The lowest BCUT2D eigenvalue weighted by Crippen LogP contribution is -2.13. The summed E-state index contributed by atoms with van der Waals surface area (Å²) in [6.07, 6.45) is 5.54. The number of hydrogen-bond acceptors (Lipinski definition) is 2. The minimum atomic E-state index is 0.955. The third kappa shape index (κ3) is 2.26. The molecule has 2 heteroatoms. The molecule has 1 saturated carbocycles. The zero-order chi connectivity index (χ0) is 9.10. The van der Waals surface area contributed by atoms with Gasteiger partial charge < -0.3 is 0 Å². The van der Waals surface area contributed by atoms with Crippen molar-refractivity contribution in [3.05, 3.63) is 29.8 Å². The van der Waals surface area contributed by atoms with Gasteiger partial charge in [0.1, 0.15) is 0 Å². The molecule has 1 aromatic rings. The lowest BCUT2D eigenvalue weighted by atomic mass is 9.81. The highest BCUT2D eigenvalue weighted by Crippen LogP contribution is 2.29. The van der Waals surface area contributed by atoms with Gasteiger partial charge in [0.05, 0.1) is 0 Å². The summed E-state index contributed by atoms with van der Waals surface area (Å²) >= 11 is 1.32. The summed E-state index contributed by atoms with van der Waals surface area (Å²) in [6, 6.07) is 8.62. The maximum atomic E-state index is 5.46. The van der Waals surface area contributed by atoms with Gasteiger partial charge in [-0.05, 0) is 42.0 Å². The molecule has 0 aromatic heterocycles. The van der Waals surface area contributed by atoms with Gasteiger partial charge in [0.25, 0.3) is 0 Å². The van der Waals surface area contributed by atoms with Gasteiger partial charge in [-0.15, -0.1) is 0 Å². The highest BCUT2D eigenvalue weighted by molar-refractivity contribution is 7.97. The normalized spacial score (nSPS) is 17.0. The Morgan fingerprint density at radius 2 is 1.92 bits per heavy atom. The predicted molar refractivity (Wildman–Crippen MR) is 57.5 cm³/mol. The van der Waals surface area contributed by atoms with Crippen molar-refractivity contribution in [2.24, 2.45) is 11.1 Å². The van der Waals surface area contributed by atoms with Gasteiger partial charge in [0.15, 0.2) is 0 Å². The summed E-state index contributed by atoms with van der Waals surface area (Å²) in [5.74, 6) is 0.955. The molecule has 1 aromatic carbocycles. The van der Waals surface area contributed by atoms with E-state index >= 15 is 0 Å². The second-order valence-corrected chi connectivity index (χ2v) is 4.47. The molecule has 0 radical (unpaired) electrons. The monoisotopic (exact) mass is 193 g/mol. The van der Waals surface area contributed by atoms with Crippen LogP contribution in [0, 0.1) is 5.92 Å². The van der Waals surface area contributed by atoms with Crippen molar-refractivity contribution in [2.45, 2.75) is 30.6 Å². The van der Waals surface area contributed by atoms with Crippen molar-refractivity contribution in [3.63, 3.8) is 0 Å². The van der Waals surface area contributed by atoms with Crippen LogP contribution in [0.2, 0.25) is 0 Å². The van der Waals surface area contributed by atoms with Crippen LogP contribution in [0.1, 0.15) is 24.8 Å². The van der Waals surface area contributed by atoms with Gasteiger partial charge >= 0.3 is 0 Å². The van der Waals surface area contributed by atoms with Crippen LogP contribution in [0.25, 0.3) is 0 Å². The van der Waals surface area contributed by atoms with Gasteiger partial charge in [0, 0.05) is 4.90 Å². The van der Waals surface area contributed by atoms with Crippen molar-refractivity contribution in [2.75, 3.05) is 0 Å². The van der Waals surface area contributed by atoms with Gasteiger partial charge in [-0.1, -0.05) is 31.4 Å². The predicted octanol–water partition coefficient (Wildman–Crippen LogP) is 3.00. The average Bonchev–Trinajstić information content (AvgIpc) is 2.12. The Labute approximate surface area is 83.8 Å². The Kier molecular flexibility index (Phi) is 2.91. The molecule has 1 fully saturated rings. The van der Waals surface area contributed by atoms with Gasteiger partial charge in [-0.3, -0.25) is 5.14 Å². The molecule has 0 unspecified atom stereocenters. The third-order valence-corrected chi connectivity index (χ3v) is 3.35. The van der Waals surface area contributed by atoms with E-state index in [1.54, 1.807) is 0 Å². The van der Waals surface area contributed by atoms with Crippen LogP contribution in [-0.2, 0) is 6.42 Å². The van der Waals surface area contributed by atoms with Gasteiger partial charge in [-0.25, -0.2) is 0 Å². The molecule has 0 aliphatic heterocycles. The summed E-state index contributed by atoms with van der Waals surface area (Å²) in [7, 11) is 0. The Morgan fingerprint density at radius 1 is 1.23 bits per heavy atom. The van der Waals surface area contributed by atoms with E-state index in [1.165, 1.54) is 43.2 Å². The van der Waals surface area contributed by atoms with E-state index in [-0.39, 0.29) is 0 Å². The Bertz CT molecular complexity index is 264. The zero-order valence-corrected chi connectivity index (χ0v) is 8.52. The highest BCUT2D eigenvalue weighted by Gasteiger charge is 2.17. The van der Waals surface area contributed by atoms with Crippen molar-refractivity contribution < 1.29 is 0 Å². The molecule has 0 heterocycles. The van der Waals surface area contributed by atoms with E-state index in [2.05, 4.69) is 24.3 Å². The zero-order valence-electron chi connectivity index (χ0n) is 7.70. The first-order chi connectivity index (χ1) is 6.38. The van der Waals surface area contributed by atoms with Gasteiger partial charge in [0.2, 0.25) is 0 Å². The lowest BCUT2D eigenvalue weighted by Gasteiger charge is -2.25. The molecule has 1 aliphatic rings. The fraction of sp³-hybridized carbons (Fsp3) is 0.455. The average molecular weight is 193 g/mol. The molecule has 1 aliphatic carbocycles. The summed E-state index contributed by atoms with van der Waals surface area (Å²) in [5, 5.41) is 5.46. The van der Waals surface area contributed by atoms with Crippen molar-refractivity contribution >= 4 is 11.9 Å². The quantitative estimate of drug-likeness (QED) is 0.747. The number of hydrogen-bond donors (Lipinski definition) is 1. The smallest absolute Gasteiger partial charge is 0.0226 e. The van der Waals surface area contributed by atoms with Crippen LogP contribution >= 0.6 is 11.9 Å². The van der Waals surface area contributed by atoms with E-state index in [0.29, 0.717) is 0 Å². The van der Waals surface area contributed by atoms with Crippen molar-refractivity contribution in [1.82, 2.24) is 0 Å². The Hall–Kier alpha value is -0.470. The van der Waals surface area contributed by atoms with Crippen LogP contribution < -0.4 is 5.14 Å². The standard InChI is InChI=1S/C11H15NS/c12-13-11-6-4-10(5-7-11)8-9-2-1-3-9/h4-7,9H,1-3,8,12H2. The molecule has 0 amide bonds. The molecule has 1 nitrogen and oxygen atoms in total. The maximum Gasteiger partial charge on any atom is 0.0226 e. The molecule has 0 spiro atoms. The second-order valence-electron chi connectivity index (χ2n) is 3.76. The summed E-state index contributed by atoms with van der Waals surface area (Å²) in [6.45, 7) is 0. The van der Waals surface area contributed by atoms with E-state index < -0.39 is 0 Å². The van der Waals surface area contributed by atoms with Crippen LogP contribution in [0.5, 0.6) is 0 Å². The molecule has 0 atom stereocenters. The molecule has 0 bridgehead atoms. The highest BCUT2D eigenvalue weighted by atomic mass is 32.2. The van der Waals surface area contributed by atoms with Gasteiger partial charge in [-0.2, -0.15) is 0 Å². The van der Waals surface area contributed by atoms with E-state index in [4.69, 9.17) is 5.14 Å². The minimum absolute atomic E-state index is 0.955. The van der Waals surface area contributed by atoms with Crippen LogP contribution in [0.3, 0.4) is 0 Å². The fourth-order valence-electron chi connectivity index (χ4n) is 1.73. The number of rotatable bonds is 3. The maximum absolute atomic E-state index is 5.46. The van der Waals surface area contributed by atoms with E-state index in [1.807, 2.05) is 0 Å². The molecule has 2 rings (SSSR count). The van der Waals surface area contributed by atoms with Crippen LogP contribution in [-0.4, -0.2) is 0 Å². The summed E-state index contributed by atoms with van der Waals surface area (Å²) in [5.41, 5.74) is 1.46. The molecule has 0 saturated heterocycles. The van der Waals surface area contributed by atoms with E-state index in [0.717, 1.165) is 10.8 Å². The largest absolute Gasteiger partial charge is 0.274 e. The van der Waals surface area contributed by atoms with Crippen LogP contribution in [0.15, 0.2) is 29.2 Å². The van der Waals surface area contributed by atoms with E-state index in [9.17, 15) is 0 Å². The molecule has 70 valence electrons. The lowest BCUT2D eigenvalue weighted by molar-refractivity contribution is 0.314. The SMILES string of the molecule is NSc1ccc(CC2CCC2)cc1.